The summed E-state index contributed by atoms with van der Waals surface area (Å²) in [6.07, 6.45) is 1.46. The van der Waals surface area contributed by atoms with Gasteiger partial charge in [-0.05, 0) is 6.92 Å². The molecule has 0 atom stereocenters. The van der Waals surface area contributed by atoms with Crippen molar-refractivity contribution in [2.24, 2.45) is 4.99 Å². The number of hydrogen-bond acceptors (Lipinski definition) is 4. The molecule has 5 heteroatoms. The molecule has 0 radical (unpaired) electrons. The first-order valence-corrected chi connectivity index (χ1v) is 4.23. The Balaban J connectivity index is 2.16. The van der Waals surface area contributed by atoms with Crippen molar-refractivity contribution < 1.29 is 14.3 Å². The van der Waals surface area contributed by atoms with Crippen molar-refractivity contribution in [3.05, 3.63) is 12.2 Å². The van der Waals surface area contributed by atoms with Gasteiger partial charge in [0.1, 0.15) is 13.2 Å². The van der Waals surface area contributed by atoms with Gasteiger partial charge in [0, 0.05) is 5.57 Å². The van der Waals surface area contributed by atoms with Crippen LogP contribution in [0, 0.1) is 0 Å². The zero-order valence-electron chi connectivity index (χ0n) is 8.02. The fourth-order valence-corrected chi connectivity index (χ4v) is 0.917. The van der Waals surface area contributed by atoms with Crippen LogP contribution >= 0.6 is 0 Å². The molecule has 1 aliphatic heterocycles. The van der Waals surface area contributed by atoms with Crippen LogP contribution in [0.5, 0.6) is 0 Å². The lowest BCUT2D eigenvalue weighted by Crippen LogP contribution is -2.26. The fraction of sp³-hybridized carbons (Fsp3) is 0.444. The zero-order valence-corrected chi connectivity index (χ0v) is 8.02. The van der Waals surface area contributed by atoms with E-state index >= 15 is 0 Å². The van der Waals surface area contributed by atoms with Crippen molar-refractivity contribution in [3.8, 4) is 0 Å². The van der Waals surface area contributed by atoms with E-state index in [-0.39, 0.29) is 19.1 Å². The number of hydrogen-bond donors (Lipinski definition) is 0. The predicted molar refractivity (Wildman–Crippen MR) is 50.8 cm³/mol. The molecule has 0 spiro atoms. The molecule has 0 aliphatic carbocycles. The summed E-state index contributed by atoms with van der Waals surface area (Å²) in [6, 6.07) is 0. The lowest BCUT2D eigenvalue weighted by Gasteiger charge is -2.12. The average Bonchev–Trinajstić information content (AvgIpc) is 2.51. The minimum atomic E-state index is -0.410. The molecular formula is C9H12N2O3. The standard InChI is InChI=1S/C9H12N2O3/c1-7(2)9(13)14-4-3-11-5-8(12)10-6-11/h6H,1,3-5H2,2H3. The minimum absolute atomic E-state index is 0.170. The highest BCUT2D eigenvalue weighted by Crippen LogP contribution is 1.96. The Morgan fingerprint density at radius 3 is 3.00 bits per heavy atom. The van der Waals surface area contributed by atoms with Gasteiger partial charge in [0.2, 0.25) is 0 Å². The van der Waals surface area contributed by atoms with E-state index in [0.29, 0.717) is 12.1 Å². The third-order valence-corrected chi connectivity index (χ3v) is 1.66. The molecule has 14 heavy (non-hydrogen) atoms. The first-order valence-electron chi connectivity index (χ1n) is 4.23. The molecule has 0 aromatic heterocycles. The van der Waals surface area contributed by atoms with Gasteiger partial charge in [0.15, 0.2) is 0 Å². The van der Waals surface area contributed by atoms with Crippen LogP contribution in [0.3, 0.4) is 0 Å². The maximum absolute atomic E-state index is 10.9. The summed E-state index contributed by atoms with van der Waals surface area (Å²) >= 11 is 0. The Morgan fingerprint density at radius 1 is 1.79 bits per heavy atom. The second-order valence-corrected chi connectivity index (χ2v) is 3.03. The number of ether oxygens (including phenoxy) is 1. The highest BCUT2D eigenvalue weighted by Gasteiger charge is 2.13. The van der Waals surface area contributed by atoms with E-state index < -0.39 is 5.97 Å². The summed E-state index contributed by atoms with van der Waals surface area (Å²) in [7, 11) is 0. The SMILES string of the molecule is C=C(C)C(=O)OCCN1C=NC(=O)C1. The Morgan fingerprint density at radius 2 is 2.50 bits per heavy atom. The van der Waals surface area contributed by atoms with Crippen LogP contribution in [-0.4, -0.2) is 42.8 Å². The summed E-state index contributed by atoms with van der Waals surface area (Å²) in [6.45, 7) is 6.03. The van der Waals surface area contributed by atoms with Crippen molar-refractivity contribution in [2.45, 2.75) is 6.92 Å². The number of nitrogens with zero attached hydrogens (tertiary/aromatic N) is 2. The number of esters is 1. The molecule has 0 saturated carbocycles. The molecule has 0 bridgehead atoms. The monoisotopic (exact) mass is 196 g/mol. The summed E-state index contributed by atoms with van der Waals surface area (Å²) in [5.41, 5.74) is 0.371. The molecule has 0 unspecified atom stereocenters. The van der Waals surface area contributed by atoms with Crippen LogP contribution in [0.25, 0.3) is 0 Å². The molecule has 1 aliphatic rings. The first kappa shape index (κ1) is 10.4. The molecule has 1 heterocycles. The van der Waals surface area contributed by atoms with Crippen LogP contribution in [0.2, 0.25) is 0 Å². The molecule has 0 fully saturated rings. The summed E-state index contributed by atoms with van der Waals surface area (Å²) in [4.78, 5) is 26.9. The highest BCUT2D eigenvalue weighted by molar-refractivity contribution is 5.92. The van der Waals surface area contributed by atoms with Gasteiger partial charge in [-0.1, -0.05) is 6.58 Å². The fourth-order valence-electron chi connectivity index (χ4n) is 0.917. The van der Waals surface area contributed by atoms with E-state index in [4.69, 9.17) is 4.74 Å². The molecule has 0 aromatic carbocycles. The smallest absolute Gasteiger partial charge is 0.333 e. The van der Waals surface area contributed by atoms with Crippen molar-refractivity contribution in [3.63, 3.8) is 0 Å². The number of aliphatic imine (C=N–C) groups is 1. The highest BCUT2D eigenvalue weighted by atomic mass is 16.5. The van der Waals surface area contributed by atoms with Gasteiger partial charge in [-0.25, -0.2) is 9.79 Å². The van der Waals surface area contributed by atoms with Gasteiger partial charge in [-0.15, -0.1) is 0 Å². The first-order chi connectivity index (χ1) is 6.59. The van der Waals surface area contributed by atoms with Gasteiger partial charge < -0.3 is 9.64 Å². The Hall–Kier alpha value is -1.65. The Kier molecular flexibility index (Phi) is 3.39. The minimum Gasteiger partial charge on any atom is -0.460 e. The van der Waals surface area contributed by atoms with Crippen LogP contribution in [0.4, 0.5) is 0 Å². The largest absolute Gasteiger partial charge is 0.460 e. The molecule has 0 saturated heterocycles. The molecule has 1 rings (SSSR count). The van der Waals surface area contributed by atoms with Crippen LogP contribution < -0.4 is 0 Å². The van der Waals surface area contributed by atoms with Crippen molar-refractivity contribution in [1.82, 2.24) is 4.90 Å². The second-order valence-electron chi connectivity index (χ2n) is 3.03. The van der Waals surface area contributed by atoms with Crippen molar-refractivity contribution in [2.75, 3.05) is 19.7 Å². The molecular weight excluding hydrogens is 184 g/mol. The Bertz CT molecular complexity index is 296. The van der Waals surface area contributed by atoms with Crippen LogP contribution in [-0.2, 0) is 14.3 Å². The van der Waals surface area contributed by atoms with Gasteiger partial charge in [0.25, 0.3) is 5.91 Å². The average molecular weight is 196 g/mol. The van der Waals surface area contributed by atoms with Crippen LogP contribution in [0.1, 0.15) is 6.92 Å². The maximum atomic E-state index is 10.9. The van der Waals surface area contributed by atoms with Gasteiger partial charge in [-0.3, -0.25) is 4.79 Å². The van der Waals surface area contributed by atoms with Crippen LogP contribution in [0.15, 0.2) is 17.1 Å². The molecule has 1 amide bonds. The third kappa shape index (κ3) is 3.01. The number of carbonyl (C=O) groups is 2. The topological polar surface area (TPSA) is 59.0 Å². The Labute approximate surface area is 82.1 Å². The maximum Gasteiger partial charge on any atom is 0.333 e. The van der Waals surface area contributed by atoms with Crippen molar-refractivity contribution >= 4 is 18.2 Å². The zero-order chi connectivity index (χ0) is 10.6. The third-order valence-electron chi connectivity index (χ3n) is 1.66. The van der Waals surface area contributed by atoms with E-state index in [9.17, 15) is 9.59 Å². The number of rotatable bonds is 4. The molecule has 76 valence electrons. The van der Waals surface area contributed by atoms with Gasteiger partial charge in [-0.2, -0.15) is 0 Å². The second kappa shape index (κ2) is 4.55. The lowest BCUT2D eigenvalue weighted by atomic mass is 10.4. The number of amides is 1. The molecule has 0 aromatic rings. The normalized spacial score (nSPS) is 14.6. The van der Waals surface area contributed by atoms with E-state index in [2.05, 4.69) is 11.6 Å². The summed E-state index contributed by atoms with van der Waals surface area (Å²) < 4.78 is 4.85. The lowest BCUT2D eigenvalue weighted by molar-refractivity contribution is -0.139. The number of carbonyl (C=O) groups excluding carboxylic acids is 2. The van der Waals surface area contributed by atoms with E-state index in [1.165, 1.54) is 6.34 Å². The van der Waals surface area contributed by atoms with E-state index in [1.54, 1.807) is 11.8 Å². The van der Waals surface area contributed by atoms with E-state index in [1.807, 2.05) is 0 Å². The van der Waals surface area contributed by atoms with Crippen molar-refractivity contribution in [1.29, 1.82) is 0 Å². The summed E-state index contributed by atoms with van der Waals surface area (Å²) in [5.74, 6) is -0.580. The molecule has 0 N–H and O–H groups in total. The van der Waals surface area contributed by atoms with Gasteiger partial charge in [0.05, 0.1) is 12.9 Å². The summed E-state index contributed by atoms with van der Waals surface area (Å²) in [5, 5.41) is 0. The predicted octanol–water partition coefficient (Wildman–Crippen LogP) is -0.0238. The molecule has 5 nitrogen and oxygen atoms in total. The van der Waals surface area contributed by atoms with E-state index in [0.717, 1.165) is 0 Å². The van der Waals surface area contributed by atoms with Gasteiger partial charge >= 0.3 is 5.97 Å². The quantitative estimate of drug-likeness (QED) is 0.468.